The van der Waals surface area contributed by atoms with Gasteiger partial charge >= 0.3 is 0 Å². The summed E-state index contributed by atoms with van der Waals surface area (Å²) in [6.45, 7) is 3.01. The maximum Gasteiger partial charge on any atom is 0.0822 e. The normalized spacial score (nSPS) is 11.4. The van der Waals surface area contributed by atoms with Gasteiger partial charge in [0.25, 0.3) is 0 Å². The molecule has 0 atom stereocenters. The van der Waals surface area contributed by atoms with Gasteiger partial charge in [0.2, 0.25) is 0 Å². The van der Waals surface area contributed by atoms with Gasteiger partial charge in [-0.15, -0.1) is 0 Å². The third-order valence-electron chi connectivity index (χ3n) is 3.27. The molecule has 0 unspecified atom stereocenters. The molecule has 0 aromatic heterocycles. The van der Waals surface area contributed by atoms with Crippen LogP contribution in [-0.2, 0) is 5.11 Å². The van der Waals surface area contributed by atoms with Crippen LogP contribution in [0.4, 0.5) is 0 Å². The molecular formula is C15H33O5. The number of aliphatic hydroxyl groups excluding tert-OH is 4. The highest BCUT2D eigenvalue weighted by atomic mass is 16.3. The van der Waals surface area contributed by atoms with Crippen molar-refractivity contribution in [3.05, 3.63) is 0 Å². The predicted octanol–water partition coefficient (Wildman–Crippen LogP) is 1.36. The van der Waals surface area contributed by atoms with Crippen molar-refractivity contribution in [1.82, 2.24) is 0 Å². The van der Waals surface area contributed by atoms with Crippen molar-refractivity contribution < 1.29 is 25.5 Å². The van der Waals surface area contributed by atoms with E-state index in [1.165, 1.54) is 25.7 Å². The molecule has 0 spiro atoms. The first-order valence-electron chi connectivity index (χ1n) is 7.53. The zero-order chi connectivity index (χ0) is 15.9. The number of hydrogen-bond donors (Lipinski definition) is 4. The van der Waals surface area contributed by atoms with Gasteiger partial charge < -0.3 is 20.4 Å². The number of aliphatic hydroxyl groups is 4. The first-order valence-corrected chi connectivity index (χ1v) is 7.53. The van der Waals surface area contributed by atoms with E-state index in [0.29, 0.717) is 0 Å². The Morgan fingerprint density at radius 1 is 0.750 bits per heavy atom. The lowest BCUT2D eigenvalue weighted by Crippen LogP contribution is -2.37. The molecule has 0 fully saturated rings. The summed E-state index contributed by atoms with van der Waals surface area (Å²) in [5.41, 5.74) is -1.11. The molecule has 0 rings (SSSR count). The average Bonchev–Trinajstić information content (AvgIpc) is 2.46. The molecule has 0 aromatic rings. The SMILES string of the molecule is CC(C)CCCCCCC[O].OCC(CO)(CO)CO. The first-order chi connectivity index (χ1) is 9.51. The van der Waals surface area contributed by atoms with Crippen LogP contribution in [0, 0.1) is 11.3 Å². The molecule has 0 aliphatic heterocycles. The molecular weight excluding hydrogens is 260 g/mol. The van der Waals surface area contributed by atoms with Crippen LogP contribution in [-0.4, -0.2) is 53.5 Å². The zero-order valence-corrected chi connectivity index (χ0v) is 13.1. The highest BCUT2D eigenvalue weighted by molar-refractivity contribution is 4.74. The van der Waals surface area contributed by atoms with Crippen LogP contribution in [0.2, 0.25) is 0 Å². The van der Waals surface area contributed by atoms with E-state index in [2.05, 4.69) is 13.8 Å². The van der Waals surface area contributed by atoms with Gasteiger partial charge in [0.05, 0.1) is 38.4 Å². The molecule has 0 saturated heterocycles. The largest absolute Gasteiger partial charge is 0.396 e. The molecule has 123 valence electrons. The van der Waals surface area contributed by atoms with Crippen molar-refractivity contribution in [2.75, 3.05) is 33.0 Å². The molecule has 0 heterocycles. The Labute approximate surface area is 123 Å². The van der Waals surface area contributed by atoms with Crippen LogP contribution in [0.5, 0.6) is 0 Å². The van der Waals surface area contributed by atoms with Gasteiger partial charge in [-0.2, -0.15) is 0 Å². The van der Waals surface area contributed by atoms with Crippen LogP contribution in [0.1, 0.15) is 52.4 Å². The van der Waals surface area contributed by atoms with E-state index in [0.717, 1.165) is 18.8 Å². The van der Waals surface area contributed by atoms with Gasteiger partial charge in [0, 0.05) is 0 Å². The molecule has 0 bridgehead atoms. The number of rotatable bonds is 11. The Morgan fingerprint density at radius 2 is 1.15 bits per heavy atom. The van der Waals surface area contributed by atoms with E-state index in [9.17, 15) is 5.11 Å². The second-order valence-corrected chi connectivity index (χ2v) is 5.79. The first kappa shape index (κ1) is 22.1. The van der Waals surface area contributed by atoms with Crippen molar-refractivity contribution in [3.63, 3.8) is 0 Å². The maximum absolute atomic E-state index is 10.1. The van der Waals surface area contributed by atoms with Crippen LogP contribution in [0.15, 0.2) is 0 Å². The van der Waals surface area contributed by atoms with Crippen molar-refractivity contribution in [2.45, 2.75) is 52.4 Å². The Balaban J connectivity index is 0. The summed E-state index contributed by atoms with van der Waals surface area (Å²) >= 11 is 0. The average molecular weight is 293 g/mol. The lowest BCUT2D eigenvalue weighted by molar-refractivity contribution is -0.0328. The molecule has 0 saturated carbocycles. The molecule has 0 aliphatic carbocycles. The number of hydrogen-bond acceptors (Lipinski definition) is 4. The molecule has 5 heteroatoms. The van der Waals surface area contributed by atoms with Crippen molar-refractivity contribution in [3.8, 4) is 0 Å². The lowest BCUT2D eigenvalue weighted by Gasteiger charge is -2.23. The quantitative estimate of drug-likeness (QED) is 0.432. The van der Waals surface area contributed by atoms with E-state index in [1.807, 2.05) is 0 Å². The minimum atomic E-state index is -1.11. The van der Waals surface area contributed by atoms with E-state index < -0.39 is 31.8 Å². The van der Waals surface area contributed by atoms with Gasteiger partial charge in [-0.05, 0) is 12.3 Å². The van der Waals surface area contributed by atoms with Crippen molar-refractivity contribution in [1.29, 1.82) is 0 Å². The summed E-state index contributed by atoms with van der Waals surface area (Å²) in [4.78, 5) is 0. The number of unbranched alkanes of at least 4 members (excludes halogenated alkanes) is 4. The van der Waals surface area contributed by atoms with Crippen LogP contribution >= 0.6 is 0 Å². The molecule has 0 aromatic carbocycles. The van der Waals surface area contributed by atoms with Crippen LogP contribution < -0.4 is 0 Å². The molecule has 5 nitrogen and oxygen atoms in total. The molecule has 0 aliphatic rings. The fraction of sp³-hybridized carbons (Fsp3) is 1.00. The topological polar surface area (TPSA) is 101 Å². The van der Waals surface area contributed by atoms with Crippen LogP contribution in [0.3, 0.4) is 0 Å². The summed E-state index contributed by atoms with van der Waals surface area (Å²) in [5.74, 6) is 0.842. The summed E-state index contributed by atoms with van der Waals surface area (Å²) in [6, 6.07) is 0. The van der Waals surface area contributed by atoms with E-state index >= 15 is 0 Å². The van der Waals surface area contributed by atoms with Gasteiger partial charge in [-0.3, -0.25) is 0 Å². The Bertz CT molecular complexity index is 164. The van der Waals surface area contributed by atoms with E-state index in [1.54, 1.807) is 0 Å². The summed E-state index contributed by atoms with van der Waals surface area (Å²) < 4.78 is 0. The van der Waals surface area contributed by atoms with E-state index in [4.69, 9.17) is 20.4 Å². The van der Waals surface area contributed by atoms with Crippen molar-refractivity contribution >= 4 is 0 Å². The Kier molecular flexibility index (Phi) is 16.8. The zero-order valence-electron chi connectivity index (χ0n) is 13.1. The predicted molar refractivity (Wildman–Crippen MR) is 78.9 cm³/mol. The van der Waals surface area contributed by atoms with Crippen LogP contribution in [0.25, 0.3) is 0 Å². The fourth-order valence-electron chi connectivity index (χ4n) is 1.48. The smallest absolute Gasteiger partial charge is 0.0822 e. The molecule has 0 amide bonds. The van der Waals surface area contributed by atoms with Gasteiger partial charge in [0.1, 0.15) is 0 Å². The summed E-state index contributed by atoms with van der Waals surface area (Å²) in [5, 5.41) is 44.1. The standard InChI is InChI=1S/C10H21O.C5H12O4/c1-10(2)8-6-4-3-5-7-9-11;6-1-5(2-7,3-8)4-9/h10H,3-9H2,1-2H3;6-9H,1-4H2. The molecule has 1 radical (unpaired) electrons. The van der Waals surface area contributed by atoms with Gasteiger partial charge in [0.15, 0.2) is 0 Å². The minimum Gasteiger partial charge on any atom is -0.396 e. The third-order valence-corrected chi connectivity index (χ3v) is 3.27. The lowest BCUT2D eigenvalue weighted by atomic mass is 9.93. The Morgan fingerprint density at radius 3 is 1.45 bits per heavy atom. The maximum atomic E-state index is 10.1. The third kappa shape index (κ3) is 12.8. The second kappa shape index (κ2) is 15.2. The summed E-state index contributed by atoms with van der Waals surface area (Å²) in [7, 11) is 0. The fourth-order valence-corrected chi connectivity index (χ4v) is 1.48. The van der Waals surface area contributed by atoms with E-state index in [-0.39, 0.29) is 6.61 Å². The van der Waals surface area contributed by atoms with Gasteiger partial charge in [-0.25, -0.2) is 5.11 Å². The highest BCUT2D eigenvalue weighted by Gasteiger charge is 2.26. The molecule has 4 N–H and O–H groups in total. The van der Waals surface area contributed by atoms with Gasteiger partial charge in [-0.1, -0.05) is 46.0 Å². The summed E-state index contributed by atoms with van der Waals surface area (Å²) in [6.07, 6.45) is 7.28. The minimum absolute atomic E-state index is 0.115. The molecule has 20 heavy (non-hydrogen) atoms. The monoisotopic (exact) mass is 293 g/mol. The second-order valence-electron chi connectivity index (χ2n) is 5.79. The van der Waals surface area contributed by atoms with Crippen molar-refractivity contribution in [2.24, 2.45) is 11.3 Å². The highest BCUT2D eigenvalue weighted by Crippen LogP contribution is 2.12. The Hall–Kier alpha value is -0.200.